The molecule has 0 radical (unpaired) electrons. The zero-order valence-corrected chi connectivity index (χ0v) is 19.0. The molecule has 3 aromatic rings. The molecule has 7 nitrogen and oxygen atoms in total. The topological polar surface area (TPSA) is 69.2 Å². The Hall–Kier alpha value is -2.64. The minimum atomic E-state index is 0.707. The first-order valence-electron chi connectivity index (χ1n) is 10.9. The van der Waals surface area contributed by atoms with Crippen molar-refractivity contribution in [2.75, 3.05) is 61.8 Å². The first-order valence-corrected chi connectivity index (χ1v) is 11.3. The second kappa shape index (κ2) is 10.1. The van der Waals surface area contributed by atoms with Gasteiger partial charge in [0.15, 0.2) is 0 Å². The molecule has 2 N–H and O–H groups in total. The number of anilines is 3. The van der Waals surface area contributed by atoms with Gasteiger partial charge in [-0.1, -0.05) is 11.6 Å². The van der Waals surface area contributed by atoms with Crippen LogP contribution in [0.15, 0.2) is 36.5 Å². The molecule has 0 saturated carbocycles. The summed E-state index contributed by atoms with van der Waals surface area (Å²) < 4.78 is 0. The van der Waals surface area contributed by atoms with Crippen LogP contribution in [0.2, 0.25) is 5.02 Å². The molecule has 31 heavy (non-hydrogen) atoms. The summed E-state index contributed by atoms with van der Waals surface area (Å²) in [5.74, 6) is 1.74. The summed E-state index contributed by atoms with van der Waals surface area (Å²) in [7, 11) is 2.16. The van der Waals surface area contributed by atoms with Gasteiger partial charge >= 0.3 is 0 Å². The highest BCUT2D eigenvalue weighted by Crippen LogP contribution is 2.24. The van der Waals surface area contributed by atoms with E-state index in [1.54, 1.807) is 0 Å². The van der Waals surface area contributed by atoms with E-state index >= 15 is 0 Å². The Kier molecular flexibility index (Phi) is 7.04. The lowest BCUT2D eigenvalue weighted by atomic mass is 10.2. The second-order valence-electron chi connectivity index (χ2n) is 8.07. The molecule has 164 valence electrons. The van der Waals surface area contributed by atoms with Crippen LogP contribution >= 0.6 is 11.6 Å². The maximum Gasteiger partial charge on any atom is 0.227 e. The number of halogens is 1. The molecule has 1 saturated heterocycles. The zero-order valence-electron chi connectivity index (χ0n) is 18.2. The number of unbranched alkanes of at least 4 members (excludes halogenated alkanes) is 1. The van der Waals surface area contributed by atoms with Crippen LogP contribution < -0.4 is 15.5 Å². The molecule has 0 aliphatic carbocycles. The monoisotopic (exact) mass is 439 g/mol. The fraction of sp³-hybridized carbons (Fsp3) is 0.435. The molecular weight excluding hydrogens is 410 g/mol. The lowest BCUT2D eigenvalue weighted by molar-refractivity contribution is 0.311. The molecule has 3 heterocycles. The van der Waals surface area contributed by atoms with Gasteiger partial charge in [-0.15, -0.1) is 0 Å². The lowest BCUT2D eigenvalue weighted by Gasteiger charge is -2.32. The number of rotatable bonds is 8. The smallest absolute Gasteiger partial charge is 0.227 e. The van der Waals surface area contributed by atoms with Crippen molar-refractivity contribution in [3.63, 3.8) is 0 Å². The summed E-state index contributed by atoms with van der Waals surface area (Å²) in [6.07, 6.45) is 3.92. The highest BCUT2D eigenvalue weighted by molar-refractivity contribution is 6.31. The Balaban J connectivity index is 1.24. The van der Waals surface area contributed by atoms with Gasteiger partial charge in [0.1, 0.15) is 5.82 Å². The van der Waals surface area contributed by atoms with Crippen LogP contribution in [0.3, 0.4) is 0 Å². The zero-order chi connectivity index (χ0) is 21.6. The average Bonchev–Trinajstić information content (AvgIpc) is 2.76. The summed E-state index contributed by atoms with van der Waals surface area (Å²) in [5, 5.41) is 8.79. The van der Waals surface area contributed by atoms with Gasteiger partial charge in [0.05, 0.1) is 5.52 Å². The van der Waals surface area contributed by atoms with Crippen molar-refractivity contribution in [3.05, 3.63) is 47.2 Å². The number of hydrogen-bond acceptors (Lipinski definition) is 7. The van der Waals surface area contributed by atoms with E-state index in [4.69, 9.17) is 16.6 Å². The van der Waals surface area contributed by atoms with Crippen molar-refractivity contribution >= 4 is 40.0 Å². The number of piperazine rings is 1. The van der Waals surface area contributed by atoms with E-state index in [1.165, 1.54) is 0 Å². The Bertz CT molecular complexity index is 1020. The normalized spacial score (nSPS) is 14.7. The van der Waals surface area contributed by atoms with Gasteiger partial charge in [0.25, 0.3) is 0 Å². The highest BCUT2D eigenvalue weighted by Gasteiger charge is 2.17. The minimum absolute atomic E-state index is 0.707. The van der Waals surface area contributed by atoms with E-state index in [-0.39, 0.29) is 0 Å². The largest absolute Gasteiger partial charge is 0.384 e. The molecule has 0 bridgehead atoms. The summed E-state index contributed by atoms with van der Waals surface area (Å²) in [5.41, 5.74) is 3.00. The van der Waals surface area contributed by atoms with Crippen LogP contribution in [-0.2, 0) is 0 Å². The summed E-state index contributed by atoms with van der Waals surface area (Å²) >= 11 is 6.07. The van der Waals surface area contributed by atoms with Crippen LogP contribution in [-0.4, -0.2) is 66.2 Å². The first-order chi connectivity index (χ1) is 15.1. The number of benzene rings is 1. The molecule has 0 spiro atoms. The summed E-state index contributed by atoms with van der Waals surface area (Å²) in [6, 6.07) is 9.85. The molecule has 0 amide bonds. The lowest BCUT2D eigenvalue weighted by Crippen LogP contribution is -2.45. The van der Waals surface area contributed by atoms with E-state index in [2.05, 4.69) is 37.4 Å². The SMILES string of the molecule is Cc1cc(NCCCCNc2ccnc3cc(Cl)ccc23)nc(N2CCN(C)CC2)n1. The molecule has 0 unspecified atom stereocenters. The van der Waals surface area contributed by atoms with Crippen molar-refractivity contribution < 1.29 is 0 Å². The number of likely N-dealkylation sites (N-methyl/N-ethyl adjacent to an activating group) is 1. The standard InChI is InChI=1S/C23H30ClN7/c1-17-15-22(29-23(28-17)31-13-11-30(2)12-14-31)27-9-4-3-8-25-20-7-10-26-21-16-18(24)5-6-19(20)21/h5-7,10,15-16H,3-4,8-9,11-14H2,1-2H3,(H,25,26)(H,27,28,29). The predicted octanol–water partition coefficient (Wildman–Crippen LogP) is 4.04. The number of nitrogens with one attached hydrogen (secondary N) is 2. The molecule has 1 aliphatic heterocycles. The molecule has 2 aromatic heterocycles. The Morgan fingerprint density at radius 2 is 1.74 bits per heavy atom. The average molecular weight is 440 g/mol. The number of hydrogen-bond donors (Lipinski definition) is 2. The van der Waals surface area contributed by atoms with E-state index in [0.717, 1.165) is 86.2 Å². The third-order valence-electron chi connectivity index (χ3n) is 5.56. The third kappa shape index (κ3) is 5.74. The minimum Gasteiger partial charge on any atom is -0.384 e. The molecule has 1 aromatic carbocycles. The van der Waals surface area contributed by atoms with Gasteiger partial charge < -0.3 is 20.4 Å². The van der Waals surface area contributed by atoms with Crippen LogP contribution in [0.5, 0.6) is 0 Å². The van der Waals surface area contributed by atoms with E-state index in [0.29, 0.717) is 5.02 Å². The van der Waals surface area contributed by atoms with Gasteiger partial charge in [-0.3, -0.25) is 4.98 Å². The van der Waals surface area contributed by atoms with Crippen LogP contribution in [0, 0.1) is 6.92 Å². The van der Waals surface area contributed by atoms with Crippen molar-refractivity contribution in [1.29, 1.82) is 0 Å². The molecule has 8 heteroatoms. The van der Waals surface area contributed by atoms with Gasteiger partial charge in [-0.25, -0.2) is 4.98 Å². The van der Waals surface area contributed by atoms with Gasteiger partial charge in [0.2, 0.25) is 5.95 Å². The Morgan fingerprint density at radius 3 is 2.55 bits per heavy atom. The third-order valence-corrected chi connectivity index (χ3v) is 5.79. The molecule has 1 fully saturated rings. The maximum atomic E-state index is 6.07. The summed E-state index contributed by atoms with van der Waals surface area (Å²) in [4.78, 5) is 18.4. The quantitative estimate of drug-likeness (QED) is 0.513. The van der Waals surface area contributed by atoms with Crippen molar-refractivity contribution in [3.8, 4) is 0 Å². The Labute approximate surface area is 188 Å². The van der Waals surface area contributed by atoms with Crippen LogP contribution in [0.1, 0.15) is 18.5 Å². The number of fused-ring (bicyclic) bond motifs is 1. The predicted molar refractivity (Wildman–Crippen MR) is 129 cm³/mol. The first kappa shape index (κ1) is 21.6. The Morgan fingerprint density at radius 1 is 0.968 bits per heavy atom. The van der Waals surface area contributed by atoms with Gasteiger partial charge in [0, 0.05) is 73.3 Å². The molecule has 4 rings (SSSR count). The van der Waals surface area contributed by atoms with E-state index in [9.17, 15) is 0 Å². The highest BCUT2D eigenvalue weighted by atomic mass is 35.5. The maximum absolute atomic E-state index is 6.07. The fourth-order valence-corrected chi connectivity index (χ4v) is 3.92. The van der Waals surface area contributed by atoms with E-state index < -0.39 is 0 Å². The number of aromatic nitrogens is 3. The van der Waals surface area contributed by atoms with Crippen LogP contribution in [0.4, 0.5) is 17.5 Å². The fourth-order valence-electron chi connectivity index (χ4n) is 3.76. The van der Waals surface area contributed by atoms with Crippen molar-refractivity contribution in [2.24, 2.45) is 0 Å². The van der Waals surface area contributed by atoms with Gasteiger partial charge in [-0.05, 0) is 51.1 Å². The van der Waals surface area contributed by atoms with E-state index in [1.807, 2.05) is 43.5 Å². The summed E-state index contributed by atoms with van der Waals surface area (Å²) in [6.45, 7) is 7.86. The number of nitrogens with zero attached hydrogens (tertiary/aromatic N) is 5. The molecular formula is C23H30ClN7. The second-order valence-corrected chi connectivity index (χ2v) is 8.50. The number of pyridine rings is 1. The van der Waals surface area contributed by atoms with Crippen molar-refractivity contribution in [2.45, 2.75) is 19.8 Å². The number of aryl methyl sites for hydroxylation is 1. The van der Waals surface area contributed by atoms with Crippen molar-refractivity contribution in [1.82, 2.24) is 19.9 Å². The molecule has 0 atom stereocenters. The van der Waals surface area contributed by atoms with Crippen LogP contribution in [0.25, 0.3) is 10.9 Å². The van der Waals surface area contributed by atoms with Gasteiger partial charge in [-0.2, -0.15) is 4.98 Å². The molecule has 1 aliphatic rings.